The van der Waals surface area contributed by atoms with Crippen molar-refractivity contribution in [3.05, 3.63) is 89.4 Å². The number of nitriles is 1. The molecular weight excluding hydrogens is 332 g/mol. The second-order valence-electron chi connectivity index (χ2n) is 6.31. The third kappa shape index (κ3) is 3.44. The van der Waals surface area contributed by atoms with Gasteiger partial charge in [0, 0.05) is 34.9 Å². The summed E-state index contributed by atoms with van der Waals surface area (Å²) in [7, 11) is 0. The Morgan fingerprint density at radius 3 is 2.74 bits per heavy atom. The third-order valence-electron chi connectivity index (χ3n) is 4.50. The number of aromatic nitrogens is 2. The van der Waals surface area contributed by atoms with Crippen molar-refractivity contribution in [2.45, 2.75) is 6.92 Å². The van der Waals surface area contributed by atoms with Crippen molar-refractivity contribution in [2.75, 3.05) is 5.32 Å². The Hall–Kier alpha value is -3.84. The Morgan fingerprint density at radius 1 is 1.07 bits per heavy atom. The molecule has 0 aliphatic heterocycles. The van der Waals surface area contributed by atoms with Gasteiger partial charge in [-0.3, -0.25) is 4.98 Å². The predicted octanol–water partition coefficient (Wildman–Crippen LogP) is 5.66. The fraction of sp³-hybridized carbons (Fsp3) is 0.0435. The van der Waals surface area contributed by atoms with Gasteiger partial charge in [-0.15, -0.1) is 0 Å². The van der Waals surface area contributed by atoms with Crippen molar-refractivity contribution in [3.63, 3.8) is 0 Å². The monoisotopic (exact) mass is 350 g/mol. The molecule has 2 aromatic heterocycles. The van der Waals surface area contributed by atoms with Gasteiger partial charge >= 0.3 is 0 Å². The summed E-state index contributed by atoms with van der Waals surface area (Å²) in [6.45, 7) is 1.95. The highest BCUT2D eigenvalue weighted by Crippen LogP contribution is 2.29. The van der Waals surface area contributed by atoms with E-state index in [0.29, 0.717) is 5.56 Å². The number of nitrogens with zero attached hydrogens (tertiary/aromatic N) is 2. The van der Waals surface area contributed by atoms with Crippen LogP contribution in [-0.2, 0) is 0 Å². The summed E-state index contributed by atoms with van der Waals surface area (Å²) in [6, 6.07) is 20.5. The van der Waals surface area contributed by atoms with Gasteiger partial charge in [-0.2, -0.15) is 5.26 Å². The molecule has 0 aliphatic carbocycles. The highest BCUT2D eigenvalue weighted by Gasteiger charge is 2.11. The van der Waals surface area contributed by atoms with Crippen molar-refractivity contribution >= 4 is 34.4 Å². The first-order chi connectivity index (χ1) is 13.2. The first-order valence-corrected chi connectivity index (χ1v) is 8.71. The Bertz CT molecular complexity index is 1160. The van der Waals surface area contributed by atoms with Crippen LogP contribution in [0.4, 0.5) is 11.4 Å². The van der Waals surface area contributed by atoms with E-state index in [0.717, 1.165) is 39.1 Å². The summed E-state index contributed by atoms with van der Waals surface area (Å²) in [5.41, 5.74) is 6.11. The number of nitrogens with one attached hydrogen (secondary N) is 2. The van der Waals surface area contributed by atoms with Gasteiger partial charge in [-0.25, -0.2) is 0 Å². The number of pyridine rings is 1. The number of aromatic amines is 1. The second kappa shape index (κ2) is 7.19. The van der Waals surface area contributed by atoms with Gasteiger partial charge in [0.05, 0.1) is 11.3 Å². The van der Waals surface area contributed by atoms with E-state index in [9.17, 15) is 5.26 Å². The molecule has 2 heterocycles. The van der Waals surface area contributed by atoms with Gasteiger partial charge in [0.15, 0.2) is 0 Å². The smallest absolute Gasteiger partial charge is 0.103 e. The molecule has 4 nitrogen and oxygen atoms in total. The number of H-pyrrole nitrogens is 1. The minimum atomic E-state index is 0.514. The minimum Gasteiger partial charge on any atom is -0.361 e. The molecule has 4 aromatic rings. The van der Waals surface area contributed by atoms with Crippen LogP contribution in [0.5, 0.6) is 0 Å². The van der Waals surface area contributed by atoms with E-state index in [-0.39, 0.29) is 0 Å². The van der Waals surface area contributed by atoms with Crippen LogP contribution in [0, 0.1) is 18.3 Å². The number of anilines is 2. The molecular formula is C23H18N4. The highest BCUT2D eigenvalue weighted by atomic mass is 14.9. The van der Waals surface area contributed by atoms with Crippen molar-refractivity contribution in [1.29, 1.82) is 5.26 Å². The standard InChI is InChI=1S/C23H18N4/c1-16-21(10-7-17-5-3-2-4-6-17)23(19(14-24)15-26-16)27-20-9-8-18-11-12-25-22(18)13-20/h2-13,15,25H,1H3,(H,26,27)/b10-7+. The van der Waals surface area contributed by atoms with E-state index in [1.807, 2.05) is 79.9 Å². The average molecular weight is 350 g/mol. The zero-order chi connectivity index (χ0) is 18.6. The molecule has 0 radical (unpaired) electrons. The Morgan fingerprint density at radius 2 is 1.93 bits per heavy atom. The lowest BCUT2D eigenvalue weighted by Crippen LogP contribution is -2.00. The van der Waals surface area contributed by atoms with Crippen molar-refractivity contribution in [3.8, 4) is 6.07 Å². The lowest BCUT2D eigenvalue weighted by atomic mass is 10.1. The lowest BCUT2D eigenvalue weighted by Gasteiger charge is -2.13. The summed E-state index contributed by atoms with van der Waals surface area (Å²) in [5.74, 6) is 0. The molecule has 0 saturated carbocycles. The fourth-order valence-corrected chi connectivity index (χ4v) is 3.06. The summed E-state index contributed by atoms with van der Waals surface area (Å²) in [4.78, 5) is 7.60. The van der Waals surface area contributed by atoms with Crippen LogP contribution in [0.15, 0.2) is 67.0 Å². The molecule has 0 bridgehead atoms. The molecule has 0 fully saturated rings. The van der Waals surface area contributed by atoms with E-state index in [1.54, 1.807) is 6.20 Å². The van der Waals surface area contributed by atoms with Crippen LogP contribution in [0.3, 0.4) is 0 Å². The molecule has 0 aliphatic rings. The first kappa shape index (κ1) is 16.6. The van der Waals surface area contributed by atoms with E-state index < -0.39 is 0 Å². The minimum absolute atomic E-state index is 0.514. The zero-order valence-corrected chi connectivity index (χ0v) is 14.9. The van der Waals surface area contributed by atoms with Crippen molar-refractivity contribution < 1.29 is 0 Å². The zero-order valence-electron chi connectivity index (χ0n) is 14.9. The van der Waals surface area contributed by atoms with Crippen molar-refractivity contribution in [2.24, 2.45) is 0 Å². The van der Waals surface area contributed by atoms with Gasteiger partial charge in [0.1, 0.15) is 6.07 Å². The van der Waals surface area contributed by atoms with Crippen LogP contribution < -0.4 is 5.32 Å². The van der Waals surface area contributed by atoms with E-state index in [4.69, 9.17) is 0 Å². The van der Waals surface area contributed by atoms with Crippen LogP contribution in [-0.4, -0.2) is 9.97 Å². The molecule has 2 N–H and O–H groups in total. The summed E-state index contributed by atoms with van der Waals surface area (Å²) < 4.78 is 0. The van der Waals surface area contributed by atoms with Gasteiger partial charge in [-0.05, 0) is 36.1 Å². The second-order valence-corrected chi connectivity index (χ2v) is 6.31. The number of aryl methyl sites for hydroxylation is 1. The topological polar surface area (TPSA) is 64.5 Å². The maximum absolute atomic E-state index is 9.58. The van der Waals surface area contributed by atoms with Gasteiger partial charge in [0.2, 0.25) is 0 Å². The molecule has 4 rings (SSSR count). The normalized spacial score (nSPS) is 11.0. The highest BCUT2D eigenvalue weighted by molar-refractivity contribution is 5.87. The lowest BCUT2D eigenvalue weighted by molar-refractivity contribution is 1.18. The predicted molar refractivity (Wildman–Crippen MR) is 111 cm³/mol. The summed E-state index contributed by atoms with van der Waals surface area (Å²) in [5, 5.41) is 14.1. The van der Waals surface area contributed by atoms with Crippen LogP contribution in [0.1, 0.15) is 22.4 Å². The van der Waals surface area contributed by atoms with Gasteiger partial charge < -0.3 is 10.3 Å². The third-order valence-corrected chi connectivity index (χ3v) is 4.50. The van der Waals surface area contributed by atoms with E-state index in [2.05, 4.69) is 21.4 Å². The molecule has 0 atom stereocenters. The number of benzene rings is 2. The van der Waals surface area contributed by atoms with Crippen LogP contribution in [0.25, 0.3) is 23.1 Å². The molecule has 2 aromatic carbocycles. The molecule has 0 saturated heterocycles. The van der Waals surface area contributed by atoms with Gasteiger partial charge in [0.25, 0.3) is 0 Å². The number of rotatable bonds is 4. The molecule has 27 heavy (non-hydrogen) atoms. The Labute approximate surface area is 157 Å². The number of fused-ring (bicyclic) bond motifs is 1. The van der Waals surface area contributed by atoms with Crippen LogP contribution >= 0.6 is 0 Å². The average Bonchev–Trinajstić information content (AvgIpc) is 3.16. The molecule has 0 amide bonds. The Kier molecular flexibility index (Phi) is 4.42. The molecule has 0 spiro atoms. The maximum Gasteiger partial charge on any atom is 0.103 e. The first-order valence-electron chi connectivity index (χ1n) is 8.71. The van der Waals surface area contributed by atoms with Crippen molar-refractivity contribution in [1.82, 2.24) is 9.97 Å². The van der Waals surface area contributed by atoms with E-state index >= 15 is 0 Å². The van der Waals surface area contributed by atoms with Gasteiger partial charge in [-0.1, -0.05) is 48.6 Å². The molecule has 4 heteroatoms. The maximum atomic E-state index is 9.58. The Balaban J connectivity index is 1.77. The fourth-order valence-electron chi connectivity index (χ4n) is 3.06. The molecule has 0 unspecified atom stereocenters. The quantitative estimate of drug-likeness (QED) is 0.499. The molecule has 130 valence electrons. The largest absolute Gasteiger partial charge is 0.361 e. The summed E-state index contributed by atoms with van der Waals surface area (Å²) in [6.07, 6.45) is 7.57. The van der Waals surface area contributed by atoms with Crippen LogP contribution in [0.2, 0.25) is 0 Å². The van der Waals surface area contributed by atoms with E-state index in [1.165, 1.54) is 0 Å². The summed E-state index contributed by atoms with van der Waals surface area (Å²) >= 11 is 0. The number of hydrogen-bond donors (Lipinski definition) is 2. The number of hydrogen-bond acceptors (Lipinski definition) is 3. The SMILES string of the molecule is Cc1ncc(C#N)c(Nc2ccc3cc[nH]c3c2)c1/C=C/c1ccccc1.